The number of likely N-dealkylation sites (tertiary alicyclic amines) is 1. The number of thioether (sulfide) groups is 1. The number of nitrogens with zero attached hydrogens (tertiary/aromatic N) is 1. The van der Waals surface area contributed by atoms with Crippen molar-refractivity contribution in [1.82, 2.24) is 4.90 Å². The number of piperidine rings is 1. The van der Waals surface area contributed by atoms with E-state index in [1.807, 2.05) is 0 Å². The van der Waals surface area contributed by atoms with Gasteiger partial charge in [-0.15, -0.1) is 0 Å². The lowest BCUT2D eigenvalue weighted by Crippen LogP contribution is -2.52. The smallest absolute Gasteiger partial charge is 0.329 e. The molecular formula is C14H25NO3S. The summed E-state index contributed by atoms with van der Waals surface area (Å²) in [4.78, 5) is 13.1. The van der Waals surface area contributed by atoms with Crippen LogP contribution in [0.3, 0.4) is 0 Å². The van der Waals surface area contributed by atoms with Crippen LogP contribution in [0, 0.1) is 5.41 Å². The van der Waals surface area contributed by atoms with Gasteiger partial charge in [-0.25, -0.2) is 4.79 Å². The first-order valence-corrected chi connectivity index (χ1v) is 8.30. The number of ether oxygens (including phenoxy) is 1. The average molecular weight is 287 g/mol. The molecule has 0 aromatic rings. The van der Waals surface area contributed by atoms with E-state index in [1.165, 1.54) is 17.9 Å². The van der Waals surface area contributed by atoms with Crippen LogP contribution in [0.1, 0.15) is 33.1 Å². The zero-order valence-corrected chi connectivity index (χ0v) is 12.7. The fourth-order valence-corrected chi connectivity index (χ4v) is 4.79. The summed E-state index contributed by atoms with van der Waals surface area (Å²) in [6, 6.07) is 0.659. The molecule has 1 unspecified atom stereocenters. The molecule has 5 heteroatoms. The highest BCUT2D eigenvalue weighted by molar-refractivity contribution is 7.99. The van der Waals surface area contributed by atoms with Crippen LogP contribution in [-0.4, -0.2) is 59.3 Å². The minimum Gasteiger partial charge on any atom is -0.480 e. The molecule has 0 spiro atoms. The van der Waals surface area contributed by atoms with Gasteiger partial charge in [0.05, 0.1) is 6.10 Å². The van der Waals surface area contributed by atoms with Crippen molar-refractivity contribution in [1.29, 1.82) is 0 Å². The minimum atomic E-state index is -0.868. The van der Waals surface area contributed by atoms with Crippen LogP contribution in [0.2, 0.25) is 0 Å². The number of rotatable bonds is 4. The van der Waals surface area contributed by atoms with E-state index in [-0.39, 0.29) is 12.7 Å². The second-order valence-corrected chi connectivity index (χ2v) is 7.42. The first kappa shape index (κ1) is 15.1. The van der Waals surface area contributed by atoms with Gasteiger partial charge in [0, 0.05) is 24.9 Å². The van der Waals surface area contributed by atoms with Gasteiger partial charge in [0.15, 0.2) is 0 Å². The number of carboxylic acid groups (broad SMARTS) is 1. The Morgan fingerprint density at radius 1 is 1.42 bits per heavy atom. The van der Waals surface area contributed by atoms with E-state index in [0.717, 1.165) is 25.9 Å². The Bertz CT molecular complexity index is 314. The van der Waals surface area contributed by atoms with Crippen molar-refractivity contribution >= 4 is 17.7 Å². The molecule has 2 aliphatic heterocycles. The van der Waals surface area contributed by atoms with E-state index in [0.29, 0.717) is 11.5 Å². The van der Waals surface area contributed by atoms with Crippen molar-refractivity contribution in [2.45, 2.75) is 45.3 Å². The molecule has 0 aromatic carbocycles. The molecule has 2 aliphatic rings. The van der Waals surface area contributed by atoms with Gasteiger partial charge in [-0.1, -0.05) is 13.8 Å². The van der Waals surface area contributed by atoms with Crippen LogP contribution < -0.4 is 0 Å². The fourth-order valence-electron chi connectivity index (χ4n) is 3.07. The molecule has 0 aliphatic carbocycles. The molecule has 0 saturated carbocycles. The van der Waals surface area contributed by atoms with E-state index in [2.05, 4.69) is 30.5 Å². The topological polar surface area (TPSA) is 49.8 Å². The molecule has 2 fully saturated rings. The molecule has 2 saturated heterocycles. The van der Waals surface area contributed by atoms with Crippen molar-refractivity contribution in [3.05, 3.63) is 0 Å². The molecular weight excluding hydrogens is 262 g/mol. The summed E-state index contributed by atoms with van der Waals surface area (Å²) in [5.41, 5.74) is 0.403. The molecule has 4 nitrogen and oxygen atoms in total. The van der Waals surface area contributed by atoms with Crippen LogP contribution in [-0.2, 0) is 9.53 Å². The summed E-state index contributed by atoms with van der Waals surface area (Å²) in [5.74, 6) is 1.64. The Kier molecular flexibility index (Phi) is 5.15. The van der Waals surface area contributed by atoms with Crippen molar-refractivity contribution in [3.63, 3.8) is 0 Å². The maximum absolute atomic E-state index is 10.5. The van der Waals surface area contributed by atoms with E-state index in [4.69, 9.17) is 9.84 Å². The summed E-state index contributed by atoms with van der Waals surface area (Å²) in [5, 5.41) is 8.63. The second-order valence-electron chi connectivity index (χ2n) is 6.27. The highest BCUT2D eigenvalue weighted by Gasteiger charge is 2.38. The third kappa shape index (κ3) is 4.10. The predicted molar refractivity (Wildman–Crippen MR) is 77.7 cm³/mol. The Labute approximate surface area is 119 Å². The fraction of sp³-hybridized carbons (Fsp3) is 0.929. The maximum atomic E-state index is 10.5. The molecule has 110 valence electrons. The first-order valence-electron chi connectivity index (χ1n) is 7.14. The number of hydrogen-bond acceptors (Lipinski definition) is 4. The number of carbonyl (C=O) groups is 1. The standard InChI is InChI=1S/C14H25NO3S/c1-14(2)5-8-19-10-12(14)15-6-3-11(4-7-15)18-9-13(16)17/h11-12H,3-10H2,1-2H3,(H,16,17). The molecule has 0 bridgehead atoms. The van der Waals surface area contributed by atoms with Crippen molar-refractivity contribution in [2.75, 3.05) is 31.2 Å². The van der Waals surface area contributed by atoms with Crippen LogP contribution in [0.25, 0.3) is 0 Å². The molecule has 19 heavy (non-hydrogen) atoms. The highest BCUT2D eigenvalue weighted by Crippen LogP contribution is 2.38. The molecule has 0 amide bonds. The van der Waals surface area contributed by atoms with E-state index in [1.54, 1.807) is 0 Å². The summed E-state index contributed by atoms with van der Waals surface area (Å²) >= 11 is 2.06. The highest BCUT2D eigenvalue weighted by atomic mass is 32.2. The average Bonchev–Trinajstić information content (AvgIpc) is 2.37. The SMILES string of the molecule is CC1(C)CCSCC1N1CCC(OCC(=O)O)CC1. The normalized spacial score (nSPS) is 29.3. The summed E-state index contributed by atoms with van der Waals surface area (Å²) in [6.07, 6.45) is 3.35. The Morgan fingerprint density at radius 3 is 2.68 bits per heavy atom. The lowest BCUT2D eigenvalue weighted by Gasteiger charge is -2.47. The van der Waals surface area contributed by atoms with Crippen LogP contribution in [0.5, 0.6) is 0 Å². The van der Waals surface area contributed by atoms with Gasteiger partial charge < -0.3 is 9.84 Å². The third-order valence-electron chi connectivity index (χ3n) is 4.43. The zero-order valence-electron chi connectivity index (χ0n) is 11.9. The van der Waals surface area contributed by atoms with Gasteiger partial charge in [0.1, 0.15) is 6.61 Å². The third-order valence-corrected chi connectivity index (χ3v) is 5.47. The van der Waals surface area contributed by atoms with Crippen molar-refractivity contribution in [2.24, 2.45) is 5.41 Å². The van der Waals surface area contributed by atoms with Gasteiger partial charge in [-0.05, 0) is 30.4 Å². The van der Waals surface area contributed by atoms with Gasteiger partial charge in [-0.3, -0.25) is 4.90 Å². The van der Waals surface area contributed by atoms with Gasteiger partial charge in [0.25, 0.3) is 0 Å². The lowest BCUT2D eigenvalue weighted by molar-refractivity contribution is -0.145. The summed E-state index contributed by atoms with van der Waals surface area (Å²) in [7, 11) is 0. The van der Waals surface area contributed by atoms with Crippen LogP contribution in [0.4, 0.5) is 0 Å². The summed E-state index contributed by atoms with van der Waals surface area (Å²) < 4.78 is 5.40. The second kappa shape index (κ2) is 6.46. The molecule has 1 atom stereocenters. The molecule has 2 heterocycles. The summed E-state index contributed by atoms with van der Waals surface area (Å²) in [6.45, 7) is 6.68. The first-order chi connectivity index (χ1) is 8.99. The molecule has 1 N–H and O–H groups in total. The number of hydrogen-bond donors (Lipinski definition) is 1. The molecule has 0 aromatic heterocycles. The lowest BCUT2D eigenvalue weighted by atomic mass is 9.80. The van der Waals surface area contributed by atoms with E-state index < -0.39 is 5.97 Å². The van der Waals surface area contributed by atoms with Crippen molar-refractivity contribution < 1.29 is 14.6 Å². The van der Waals surface area contributed by atoms with E-state index in [9.17, 15) is 4.79 Å². The Morgan fingerprint density at radius 2 is 2.11 bits per heavy atom. The van der Waals surface area contributed by atoms with E-state index >= 15 is 0 Å². The minimum absolute atomic E-state index is 0.131. The molecule has 2 rings (SSSR count). The quantitative estimate of drug-likeness (QED) is 0.858. The van der Waals surface area contributed by atoms with Gasteiger partial charge in [-0.2, -0.15) is 11.8 Å². The van der Waals surface area contributed by atoms with Crippen LogP contribution >= 0.6 is 11.8 Å². The van der Waals surface area contributed by atoms with Gasteiger partial charge >= 0.3 is 5.97 Å². The predicted octanol–water partition coefficient (Wildman–Crippen LogP) is 2.08. The largest absolute Gasteiger partial charge is 0.480 e. The maximum Gasteiger partial charge on any atom is 0.329 e. The Balaban J connectivity index is 1.80. The zero-order chi connectivity index (χ0) is 13.9. The Hall–Kier alpha value is -0.260. The van der Waals surface area contributed by atoms with Gasteiger partial charge in [0.2, 0.25) is 0 Å². The van der Waals surface area contributed by atoms with Crippen molar-refractivity contribution in [3.8, 4) is 0 Å². The number of carboxylic acids is 1. The number of aliphatic carboxylic acids is 1. The monoisotopic (exact) mass is 287 g/mol. The van der Waals surface area contributed by atoms with Crippen LogP contribution in [0.15, 0.2) is 0 Å². The molecule has 0 radical (unpaired) electrons.